The predicted octanol–water partition coefficient (Wildman–Crippen LogP) is 2.29. The summed E-state index contributed by atoms with van der Waals surface area (Å²) in [5.74, 6) is 0. The van der Waals surface area contributed by atoms with Crippen LogP contribution in [-0.2, 0) is 11.8 Å². The van der Waals surface area contributed by atoms with Crippen molar-refractivity contribution in [2.45, 2.75) is 24.4 Å². The molecule has 1 fully saturated rings. The SMILES string of the molecule is Cn1c(Cl)c([C@@H]2O[C@H](CO)[C@@H](O)[C@H]2O)c2cc(Cl)c(Cl)cc21. The third kappa shape index (κ3) is 2.32. The van der Waals surface area contributed by atoms with Crippen LogP contribution in [0.5, 0.6) is 0 Å². The second-order valence-electron chi connectivity index (χ2n) is 5.31. The first-order chi connectivity index (χ1) is 10.4. The summed E-state index contributed by atoms with van der Waals surface area (Å²) in [5, 5.41) is 31.1. The maximum atomic E-state index is 10.2. The smallest absolute Gasteiger partial charge is 0.115 e. The van der Waals surface area contributed by atoms with Crippen molar-refractivity contribution in [2.75, 3.05) is 6.61 Å². The molecule has 1 aromatic heterocycles. The van der Waals surface area contributed by atoms with Crippen LogP contribution in [0.15, 0.2) is 12.1 Å². The second kappa shape index (κ2) is 5.83. The van der Waals surface area contributed by atoms with Gasteiger partial charge in [0.05, 0.1) is 22.2 Å². The van der Waals surface area contributed by atoms with E-state index in [1.165, 1.54) is 0 Å². The minimum atomic E-state index is -1.20. The lowest BCUT2D eigenvalue weighted by atomic mass is 10.0. The molecular weight excluding hydrogens is 353 g/mol. The summed E-state index contributed by atoms with van der Waals surface area (Å²) in [7, 11) is 1.75. The Morgan fingerprint density at radius 2 is 1.77 bits per heavy atom. The fourth-order valence-corrected chi connectivity index (χ4v) is 3.46. The molecule has 3 rings (SSSR count). The van der Waals surface area contributed by atoms with Gasteiger partial charge in [-0.3, -0.25) is 0 Å². The lowest BCUT2D eigenvalue weighted by Crippen LogP contribution is -2.32. The molecule has 0 aliphatic carbocycles. The van der Waals surface area contributed by atoms with Crippen molar-refractivity contribution in [1.82, 2.24) is 4.57 Å². The van der Waals surface area contributed by atoms with Crippen LogP contribution in [-0.4, -0.2) is 44.8 Å². The van der Waals surface area contributed by atoms with Crippen molar-refractivity contribution in [3.8, 4) is 0 Å². The maximum Gasteiger partial charge on any atom is 0.115 e. The standard InChI is InChI=1S/C14H14Cl3NO4/c1-18-8-3-7(16)6(15)2-5(8)10(14(18)17)13-12(21)11(20)9(4-19)22-13/h2-3,9,11-13,19-21H,4H2,1H3/t9-,11-,12-,13+/m1/s1. The molecule has 1 aromatic carbocycles. The molecule has 1 aliphatic rings. The number of aliphatic hydroxyl groups is 3. The Morgan fingerprint density at radius 3 is 2.36 bits per heavy atom. The molecule has 0 saturated carbocycles. The van der Waals surface area contributed by atoms with Crippen molar-refractivity contribution in [1.29, 1.82) is 0 Å². The van der Waals surface area contributed by atoms with E-state index in [1.54, 1.807) is 23.7 Å². The number of aromatic nitrogens is 1. The van der Waals surface area contributed by atoms with Crippen LogP contribution in [0.4, 0.5) is 0 Å². The van der Waals surface area contributed by atoms with E-state index in [2.05, 4.69) is 0 Å². The Bertz CT molecular complexity index is 733. The average Bonchev–Trinajstić information content (AvgIpc) is 2.89. The summed E-state index contributed by atoms with van der Waals surface area (Å²) in [6.07, 6.45) is -4.12. The molecule has 120 valence electrons. The number of benzene rings is 1. The van der Waals surface area contributed by atoms with Gasteiger partial charge in [0, 0.05) is 18.0 Å². The van der Waals surface area contributed by atoms with Crippen LogP contribution in [0.2, 0.25) is 15.2 Å². The number of halogens is 3. The van der Waals surface area contributed by atoms with Gasteiger partial charge in [-0.1, -0.05) is 34.8 Å². The Hall–Kier alpha value is -0.530. The summed E-state index contributed by atoms with van der Waals surface area (Å²) in [4.78, 5) is 0. The highest BCUT2D eigenvalue weighted by Crippen LogP contribution is 2.43. The lowest BCUT2D eigenvalue weighted by Gasteiger charge is -2.15. The van der Waals surface area contributed by atoms with Gasteiger partial charge in [0.1, 0.15) is 29.6 Å². The molecule has 0 spiro atoms. The van der Waals surface area contributed by atoms with Gasteiger partial charge in [0.2, 0.25) is 0 Å². The largest absolute Gasteiger partial charge is 0.394 e. The van der Waals surface area contributed by atoms with E-state index >= 15 is 0 Å². The summed E-state index contributed by atoms with van der Waals surface area (Å²) in [6, 6.07) is 3.32. The van der Waals surface area contributed by atoms with Gasteiger partial charge in [-0.25, -0.2) is 0 Å². The number of nitrogens with zero attached hydrogens (tertiary/aromatic N) is 1. The third-order valence-corrected chi connectivity index (χ3v) is 5.21. The summed E-state index contributed by atoms with van der Waals surface area (Å²) < 4.78 is 7.27. The molecule has 22 heavy (non-hydrogen) atoms. The highest BCUT2D eigenvalue weighted by Gasteiger charge is 2.45. The maximum absolute atomic E-state index is 10.2. The van der Waals surface area contributed by atoms with Gasteiger partial charge in [-0.2, -0.15) is 0 Å². The third-order valence-electron chi connectivity index (χ3n) is 4.03. The number of rotatable bonds is 2. The molecule has 8 heteroatoms. The van der Waals surface area contributed by atoms with E-state index in [1.807, 2.05) is 0 Å². The normalized spacial score (nSPS) is 28.7. The minimum absolute atomic E-state index is 0.350. The fraction of sp³-hybridized carbons (Fsp3) is 0.429. The van der Waals surface area contributed by atoms with Crippen LogP contribution in [0.3, 0.4) is 0 Å². The van der Waals surface area contributed by atoms with Crippen molar-refractivity contribution in [2.24, 2.45) is 7.05 Å². The molecule has 0 radical (unpaired) electrons. The summed E-state index contributed by atoms with van der Waals surface area (Å²) in [5.41, 5.74) is 1.24. The Kier molecular flexibility index (Phi) is 4.33. The molecule has 1 saturated heterocycles. The van der Waals surface area contributed by atoms with Crippen LogP contribution < -0.4 is 0 Å². The first-order valence-corrected chi connectivity index (χ1v) is 7.75. The van der Waals surface area contributed by atoms with E-state index in [0.717, 1.165) is 5.52 Å². The zero-order chi connectivity index (χ0) is 16.2. The summed E-state index contributed by atoms with van der Waals surface area (Å²) in [6.45, 7) is -0.399. The molecule has 3 N–H and O–H groups in total. The zero-order valence-corrected chi connectivity index (χ0v) is 13.8. The average molecular weight is 367 g/mol. The van der Waals surface area contributed by atoms with Gasteiger partial charge in [0.15, 0.2) is 0 Å². The quantitative estimate of drug-likeness (QED) is 0.762. The van der Waals surface area contributed by atoms with E-state index in [-0.39, 0.29) is 0 Å². The van der Waals surface area contributed by atoms with Crippen LogP contribution >= 0.6 is 34.8 Å². The van der Waals surface area contributed by atoms with Gasteiger partial charge in [0.25, 0.3) is 0 Å². The summed E-state index contributed by atoms with van der Waals surface area (Å²) >= 11 is 18.5. The van der Waals surface area contributed by atoms with Crippen LogP contribution in [0.1, 0.15) is 11.7 Å². The Balaban J connectivity index is 2.19. The molecule has 0 unspecified atom stereocenters. The predicted molar refractivity (Wildman–Crippen MR) is 84.7 cm³/mol. The van der Waals surface area contributed by atoms with Crippen molar-refractivity contribution in [3.63, 3.8) is 0 Å². The van der Waals surface area contributed by atoms with E-state index in [0.29, 0.717) is 26.1 Å². The number of aryl methyl sites for hydroxylation is 1. The van der Waals surface area contributed by atoms with E-state index < -0.39 is 31.0 Å². The Labute approximate surface area is 141 Å². The monoisotopic (exact) mass is 365 g/mol. The molecule has 2 heterocycles. The topological polar surface area (TPSA) is 74.9 Å². The van der Waals surface area contributed by atoms with E-state index in [4.69, 9.17) is 39.5 Å². The van der Waals surface area contributed by atoms with Gasteiger partial charge < -0.3 is 24.6 Å². The first-order valence-electron chi connectivity index (χ1n) is 6.62. The number of hydrogen-bond donors (Lipinski definition) is 3. The Morgan fingerprint density at radius 1 is 1.14 bits per heavy atom. The highest BCUT2D eigenvalue weighted by atomic mass is 35.5. The molecule has 2 aromatic rings. The van der Waals surface area contributed by atoms with Gasteiger partial charge in [-0.15, -0.1) is 0 Å². The van der Waals surface area contributed by atoms with Crippen LogP contribution in [0.25, 0.3) is 10.9 Å². The number of aliphatic hydroxyl groups excluding tert-OH is 3. The van der Waals surface area contributed by atoms with Crippen molar-refractivity contribution in [3.05, 3.63) is 32.9 Å². The minimum Gasteiger partial charge on any atom is -0.394 e. The van der Waals surface area contributed by atoms with Crippen LogP contribution in [0, 0.1) is 0 Å². The van der Waals surface area contributed by atoms with Crippen molar-refractivity contribution >= 4 is 45.7 Å². The zero-order valence-electron chi connectivity index (χ0n) is 11.5. The number of ether oxygens (including phenoxy) is 1. The number of hydrogen-bond acceptors (Lipinski definition) is 4. The van der Waals surface area contributed by atoms with Gasteiger partial charge in [-0.05, 0) is 12.1 Å². The molecule has 5 nitrogen and oxygen atoms in total. The molecular formula is C14H14Cl3NO4. The molecule has 0 bridgehead atoms. The second-order valence-corrected chi connectivity index (χ2v) is 6.48. The van der Waals surface area contributed by atoms with Gasteiger partial charge >= 0.3 is 0 Å². The highest BCUT2D eigenvalue weighted by molar-refractivity contribution is 6.43. The van der Waals surface area contributed by atoms with E-state index in [9.17, 15) is 15.3 Å². The fourth-order valence-electron chi connectivity index (χ4n) is 2.84. The first kappa shape index (κ1) is 16.3. The molecule has 1 aliphatic heterocycles. The lowest BCUT2D eigenvalue weighted by molar-refractivity contribution is -0.0223. The molecule has 0 amide bonds. The number of fused-ring (bicyclic) bond motifs is 1. The molecule has 4 atom stereocenters. The van der Waals surface area contributed by atoms with Crippen molar-refractivity contribution < 1.29 is 20.1 Å².